The van der Waals surface area contributed by atoms with Crippen molar-refractivity contribution < 1.29 is 12.8 Å². The van der Waals surface area contributed by atoms with Crippen LogP contribution in [0, 0.1) is 0 Å². The summed E-state index contributed by atoms with van der Waals surface area (Å²) >= 11 is 0. The summed E-state index contributed by atoms with van der Waals surface area (Å²) in [5, 5.41) is 2.07. The minimum Gasteiger partial charge on any atom is -0.447 e. The van der Waals surface area contributed by atoms with Crippen molar-refractivity contribution in [2.24, 2.45) is 0 Å². The van der Waals surface area contributed by atoms with E-state index >= 15 is 0 Å². The van der Waals surface area contributed by atoms with E-state index in [4.69, 9.17) is 4.42 Å². The zero-order valence-electron chi connectivity index (χ0n) is 11.2. The predicted octanol–water partition coefficient (Wildman–Crippen LogP) is -0.560. The van der Waals surface area contributed by atoms with Gasteiger partial charge in [-0.05, 0) is 26.2 Å². The summed E-state index contributed by atoms with van der Waals surface area (Å²) < 4.78 is 30.6. The number of rotatable bonds is 5. The van der Waals surface area contributed by atoms with Crippen LogP contribution in [-0.4, -0.2) is 58.6 Å². The molecule has 0 aromatic carbocycles. The molecule has 1 aliphatic rings. The predicted molar refractivity (Wildman–Crippen MR) is 70.9 cm³/mol. The van der Waals surface area contributed by atoms with Crippen LogP contribution in [0.5, 0.6) is 0 Å². The lowest BCUT2D eigenvalue weighted by atomic mass is 10.4. The van der Waals surface area contributed by atoms with E-state index in [1.165, 1.54) is 13.1 Å². The molecule has 1 aromatic heterocycles. The van der Waals surface area contributed by atoms with Crippen LogP contribution in [-0.2, 0) is 16.6 Å². The van der Waals surface area contributed by atoms with Gasteiger partial charge < -0.3 is 9.32 Å². The Kier molecular flexibility index (Phi) is 4.58. The van der Waals surface area contributed by atoms with Gasteiger partial charge in [-0.15, -0.1) is 0 Å². The fourth-order valence-corrected chi connectivity index (χ4v) is 2.52. The second kappa shape index (κ2) is 6.02. The highest BCUT2D eigenvalue weighted by molar-refractivity contribution is 7.89. The second-order valence-corrected chi connectivity index (χ2v) is 6.37. The van der Waals surface area contributed by atoms with Gasteiger partial charge in [0.2, 0.25) is 5.09 Å². The molecule has 108 valence electrons. The van der Waals surface area contributed by atoms with E-state index in [-0.39, 0.29) is 5.09 Å². The van der Waals surface area contributed by atoms with Crippen molar-refractivity contribution >= 4 is 10.0 Å². The molecular weight excluding hydrogens is 268 g/mol. The first-order valence-corrected chi connectivity index (χ1v) is 7.69. The van der Waals surface area contributed by atoms with Gasteiger partial charge in [0, 0.05) is 26.2 Å². The van der Waals surface area contributed by atoms with Gasteiger partial charge in [-0.1, -0.05) is 0 Å². The molecule has 7 nitrogen and oxygen atoms in total. The molecule has 0 bridgehead atoms. The molecule has 0 aliphatic carbocycles. The summed E-state index contributed by atoms with van der Waals surface area (Å²) in [6.07, 6.45) is 0. The molecule has 2 rings (SSSR count). The molecule has 1 fully saturated rings. The van der Waals surface area contributed by atoms with Gasteiger partial charge in [0.05, 0.1) is 6.54 Å². The smallest absolute Gasteiger partial charge is 0.273 e. The van der Waals surface area contributed by atoms with E-state index in [9.17, 15) is 8.42 Å². The third kappa shape index (κ3) is 3.77. The zero-order chi connectivity index (χ0) is 13.9. The van der Waals surface area contributed by atoms with Crippen molar-refractivity contribution in [2.45, 2.75) is 11.6 Å². The number of hydrazine groups is 1. The first kappa shape index (κ1) is 14.5. The maximum Gasteiger partial charge on any atom is 0.273 e. The zero-order valence-corrected chi connectivity index (χ0v) is 12.0. The molecule has 0 unspecified atom stereocenters. The fraction of sp³-hybridized carbons (Fsp3) is 0.636. The molecule has 0 spiro atoms. The summed E-state index contributed by atoms with van der Waals surface area (Å²) in [4.78, 5) is 2.27. The van der Waals surface area contributed by atoms with Crippen LogP contribution < -0.4 is 10.1 Å². The monoisotopic (exact) mass is 288 g/mol. The van der Waals surface area contributed by atoms with Crippen molar-refractivity contribution in [3.63, 3.8) is 0 Å². The lowest BCUT2D eigenvalue weighted by Gasteiger charge is -2.32. The van der Waals surface area contributed by atoms with Gasteiger partial charge in [-0.2, -0.15) is 0 Å². The van der Waals surface area contributed by atoms with Gasteiger partial charge in [0.15, 0.2) is 0 Å². The third-order valence-corrected chi connectivity index (χ3v) is 4.44. The van der Waals surface area contributed by atoms with Gasteiger partial charge >= 0.3 is 0 Å². The topological polar surface area (TPSA) is 77.8 Å². The highest BCUT2D eigenvalue weighted by Gasteiger charge is 2.17. The Hall–Kier alpha value is -0.930. The Labute approximate surface area is 113 Å². The number of piperazine rings is 1. The lowest BCUT2D eigenvalue weighted by molar-refractivity contribution is 0.0985. The largest absolute Gasteiger partial charge is 0.447 e. The molecule has 0 atom stereocenters. The molecule has 8 heteroatoms. The summed E-state index contributed by atoms with van der Waals surface area (Å²) in [6, 6.07) is 3.14. The number of hydrogen-bond acceptors (Lipinski definition) is 6. The maximum absolute atomic E-state index is 11.5. The molecule has 2 heterocycles. The van der Waals surface area contributed by atoms with E-state index in [0.717, 1.165) is 26.2 Å². The standard InChI is InChI=1S/C11H20N4O3S/c1-12-19(16,17)11-4-3-10(18-11)9-13-15-7-5-14(2)6-8-15/h3-4,12-13H,5-9H2,1-2H3. The van der Waals surface area contributed by atoms with E-state index in [1.807, 2.05) is 0 Å². The number of nitrogens with one attached hydrogen (secondary N) is 2. The number of furan rings is 1. The van der Waals surface area contributed by atoms with Crippen molar-refractivity contribution in [3.05, 3.63) is 17.9 Å². The maximum atomic E-state index is 11.5. The van der Waals surface area contributed by atoms with Crippen molar-refractivity contribution in [2.75, 3.05) is 40.3 Å². The highest BCUT2D eigenvalue weighted by Crippen LogP contribution is 2.13. The molecule has 0 radical (unpaired) electrons. The Balaban J connectivity index is 1.87. The lowest BCUT2D eigenvalue weighted by Crippen LogP contribution is -2.50. The average molecular weight is 288 g/mol. The van der Waals surface area contributed by atoms with E-state index in [0.29, 0.717) is 12.3 Å². The second-order valence-electron chi connectivity index (χ2n) is 4.55. The molecular formula is C11H20N4O3S. The quantitative estimate of drug-likeness (QED) is 0.756. The van der Waals surface area contributed by atoms with Crippen molar-refractivity contribution in [3.8, 4) is 0 Å². The van der Waals surface area contributed by atoms with E-state index in [2.05, 4.69) is 27.1 Å². The Morgan fingerprint density at radius 1 is 1.26 bits per heavy atom. The van der Waals surface area contributed by atoms with Gasteiger partial charge in [-0.3, -0.25) is 0 Å². The molecule has 1 saturated heterocycles. The van der Waals surface area contributed by atoms with Crippen molar-refractivity contribution in [1.82, 2.24) is 20.1 Å². The van der Waals surface area contributed by atoms with Gasteiger partial charge in [0.25, 0.3) is 10.0 Å². The number of likely N-dealkylation sites (N-methyl/N-ethyl adjacent to an activating group) is 1. The Morgan fingerprint density at radius 3 is 2.58 bits per heavy atom. The summed E-state index contributed by atoms with van der Waals surface area (Å²) in [5.41, 5.74) is 3.24. The first-order valence-electron chi connectivity index (χ1n) is 6.20. The van der Waals surface area contributed by atoms with Gasteiger partial charge in [-0.25, -0.2) is 23.6 Å². The summed E-state index contributed by atoms with van der Waals surface area (Å²) in [7, 11) is -0.0354. The average Bonchev–Trinajstić information content (AvgIpc) is 2.88. The first-order chi connectivity index (χ1) is 9.01. The summed E-state index contributed by atoms with van der Waals surface area (Å²) in [5.74, 6) is 0.604. The minimum absolute atomic E-state index is 0.0508. The van der Waals surface area contributed by atoms with Crippen LogP contribution >= 0.6 is 0 Å². The normalized spacial score (nSPS) is 18.8. The molecule has 1 aliphatic heterocycles. The number of sulfonamides is 1. The summed E-state index contributed by atoms with van der Waals surface area (Å²) in [6.45, 7) is 4.41. The Bertz CT molecular complexity index is 506. The van der Waals surface area contributed by atoms with Crippen molar-refractivity contribution in [1.29, 1.82) is 0 Å². The van der Waals surface area contributed by atoms with E-state index in [1.54, 1.807) is 6.07 Å². The SMILES string of the molecule is CNS(=O)(=O)c1ccc(CNN2CCN(C)CC2)o1. The minimum atomic E-state index is -3.49. The third-order valence-electron chi connectivity index (χ3n) is 3.15. The molecule has 1 aromatic rings. The van der Waals surface area contributed by atoms with E-state index < -0.39 is 10.0 Å². The molecule has 19 heavy (non-hydrogen) atoms. The number of nitrogens with zero attached hydrogens (tertiary/aromatic N) is 2. The number of hydrogen-bond donors (Lipinski definition) is 2. The van der Waals surface area contributed by atoms with Crippen LogP contribution in [0.3, 0.4) is 0 Å². The van der Waals surface area contributed by atoms with Crippen LogP contribution in [0.4, 0.5) is 0 Å². The van der Waals surface area contributed by atoms with Crippen LogP contribution in [0.25, 0.3) is 0 Å². The van der Waals surface area contributed by atoms with Crippen LogP contribution in [0.2, 0.25) is 0 Å². The van der Waals surface area contributed by atoms with Crippen LogP contribution in [0.15, 0.2) is 21.6 Å². The Morgan fingerprint density at radius 2 is 1.95 bits per heavy atom. The fourth-order valence-electron chi connectivity index (χ4n) is 1.85. The van der Waals surface area contributed by atoms with Gasteiger partial charge in [0.1, 0.15) is 5.76 Å². The molecule has 0 amide bonds. The molecule has 0 saturated carbocycles. The molecule has 2 N–H and O–H groups in total. The highest BCUT2D eigenvalue weighted by atomic mass is 32.2. The van der Waals surface area contributed by atoms with Crippen LogP contribution in [0.1, 0.15) is 5.76 Å².